The Morgan fingerprint density at radius 2 is 2.04 bits per heavy atom. The second kappa shape index (κ2) is 8.22. The molecule has 1 heterocycles. The normalized spacial score (nSPS) is 18.8. The minimum atomic E-state index is -0.599. The monoisotopic (exact) mass is 362 g/mol. The lowest BCUT2D eigenvalue weighted by molar-refractivity contribution is -0.137. The molecule has 1 aromatic carbocycles. The maximum Gasteiger partial charge on any atom is 0.345 e. The fraction of sp³-hybridized carbons (Fsp3) is 0.278. The second-order valence-corrected chi connectivity index (χ2v) is 6.38. The Balaban J connectivity index is 2.49. The minimum absolute atomic E-state index is 0.0318. The molecule has 0 saturated heterocycles. The number of Topliss-reactive ketones (excluding diaryl/α,β-unsaturated/α-hetero) is 1. The van der Waals surface area contributed by atoms with Gasteiger partial charge in [0.05, 0.1) is 23.2 Å². The number of thioether (sulfide) groups is 1. The number of esters is 1. The summed E-state index contributed by atoms with van der Waals surface area (Å²) in [4.78, 5) is 29.2. The van der Waals surface area contributed by atoms with Crippen molar-refractivity contribution in [3.8, 4) is 0 Å². The molecular weight excluding hydrogens is 343 g/mol. The van der Waals surface area contributed by atoms with Crippen molar-refractivity contribution < 1.29 is 18.7 Å². The Hall–Kier alpha value is -2.25. The smallest absolute Gasteiger partial charge is 0.345 e. The number of carbonyl (C=O) groups excluding carboxylic acids is 2. The molecule has 2 N–H and O–H groups in total. The van der Waals surface area contributed by atoms with E-state index in [1.54, 1.807) is 26.8 Å². The molecule has 5 nitrogen and oxygen atoms in total. The highest BCUT2D eigenvalue weighted by Crippen LogP contribution is 2.35. The van der Waals surface area contributed by atoms with Crippen LogP contribution in [0.25, 0.3) is 0 Å². The van der Waals surface area contributed by atoms with Crippen LogP contribution in [0, 0.1) is 5.82 Å². The standard InChI is InChI=1S/C18H19FN2O3S/c1-4-24-18(23)15-9-13(17(25-15)21-11(3)20)10(2)16(22)12-7-5-6-8-14(12)19/h5-9,11H,4,20H2,1-3H3/b13-10+,21-17+. The third-order valence-corrected chi connectivity index (χ3v) is 4.40. The van der Waals surface area contributed by atoms with E-state index in [1.165, 1.54) is 24.3 Å². The number of benzene rings is 1. The number of hydrogen-bond donors (Lipinski definition) is 1. The van der Waals surface area contributed by atoms with Crippen LogP contribution in [0.15, 0.2) is 51.4 Å². The molecule has 132 valence electrons. The number of ketones is 1. The van der Waals surface area contributed by atoms with Crippen LogP contribution in [-0.2, 0) is 9.53 Å². The Kier molecular flexibility index (Phi) is 6.27. The van der Waals surface area contributed by atoms with Gasteiger partial charge in [0.2, 0.25) is 0 Å². The summed E-state index contributed by atoms with van der Waals surface area (Å²) in [5.74, 6) is -1.56. The number of allylic oxidation sites excluding steroid dienone is 2. The molecule has 0 aliphatic carbocycles. The van der Waals surface area contributed by atoms with Crippen LogP contribution < -0.4 is 5.73 Å². The number of ether oxygens (including phenoxy) is 1. The summed E-state index contributed by atoms with van der Waals surface area (Å²) in [6.45, 7) is 5.20. The van der Waals surface area contributed by atoms with Gasteiger partial charge in [0.1, 0.15) is 10.9 Å². The zero-order valence-corrected chi connectivity index (χ0v) is 15.0. The van der Waals surface area contributed by atoms with Gasteiger partial charge in [-0.2, -0.15) is 0 Å². The summed E-state index contributed by atoms with van der Waals surface area (Å²) in [7, 11) is 0. The Labute approximate surface area is 149 Å². The van der Waals surface area contributed by atoms with Crippen LogP contribution in [0.4, 0.5) is 4.39 Å². The number of nitrogens with zero attached hydrogens (tertiary/aromatic N) is 1. The van der Waals surface area contributed by atoms with Crippen LogP contribution in [0.1, 0.15) is 31.1 Å². The SMILES string of the molecule is CCOC(=O)C1=CC(=C(/C)C(=O)c2ccccc2F)/C(=N\C(C)N)S1. The van der Waals surface area contributed by atoms with Crippen molar-refractivity contribution in [2.45, 2.75) is 26.9 Å². The number of aliphatic imine (C=N–C) groups is 1. The van der Waals surface area contributed by atoms with Crippen molar-refractivity contribution in [2.24, 2.45) is 10.7 Å². The van der Waals surface area contributed by atoms with Crippen molar-refractivity contribution >= 4 is 28.6 Å². The summed E-state index contributed by atoms with van der Waals surface area (Å²) < 4.78 is 18.9. The first kappa shape index (κ1) is 19.1. The van der Waals surface area contributed by atoms with Crippen molar-refractivity contribution in [3.05, 3.63) is 57.8 Å². The molecule has 0 saturated carbocycles. The molecule has 1 atom stereocenters. The van der Waals surface area contributed by atoms with Gasteiger partial charge in [-0.25, -0.2) is 9.18 Å². The van der Waals surface area contributed by atoms with Crippen LogP contribution >= 0.6 is 11.8 Å². The van der Waals surface area contributed by atoms with Gasteiger partial charge in [0.25, 0.3) is 0 Å². The van der Waals surface area contributed by atoms with Gasteiger partial charge in [-0.3, -0.25) is 9.79 Å². The molecule has 0 aromatic heterocycles. The van der Waals surface area contributed by atoms with E-state index in [0.717, 1.165) is 11.8 Å². The van der Waals surface area contributed by atoms with E-state index in [1.807, 2.05) is 0 Å². The number of nitrogens with two attached hydrogens (primary N) is 1. The quantitative estimate of drug-likeness (QED) is 0.494. The summed E-state index contributed by atoms with van der Waals surface area (Å²) >= 11 is 1.09. The van der Waals surface area contributed by atoms with Gasteiger partial charge < -0.3 is 10.5 Å². The first-order valence-corrected chi connectivity index (χ1v) is 8.57. The maximum absolute atomic E-state index is 13.9. The molecule has 1 unspecified atom stereocenters. The van der Waals surface area contributed by atoms with Gasteiger partial charge in [-0.05, 0) is 39.0 Å². The van der Waals surface area contributed by atoms with E-state index < -0.39 is 23.7 Å². The number of halogens is 1. The van der Waals surface area contributed by atoms with Gasteiger partial charge in [-0.1, -0.05) is 23.9 Å². The number of carbonyl (C=O) groups is 2. The fourth-order valence-electron chi connectivity index (χ4n) is 2.20. The van der Waals surface area contributed by atoms with E-state index in [0.29, 0.717) is 15.5 Å². The molecule has 1 aromatic rings. The third kappa shape index (κ3) is 4.43. The third-order valence-electron chi connectivity index (χ3n) is 3.37. The Bertz CT molecular complexity index is 797. The highest BCUT2D eigenvalue weighted by atomic mass is 32.2. The van der Waals surface area contributed by atoms with E-state index in [9.17, 15) is 14.0 Å². The lowest BCUT2D eigenvalue weighted by Crippen LogP contribution is -2.15. The Morgan fingerprint density at radius 1 is 1.36 bits per heavy atom. The molecular formula is C18H19FN2O3S. The average molecular weight is 362 g/mol. The van der Waals surface area contributed by atoms with E-state index in [4.69, 9.17) is 10.5 Å². The molecule has 0 spiro atoms. The molecule has 0 amide bonds. The highest BCUT2D eigenvalue weighted by molar-refractivity contribution is 8.18. The van der Waals surface area contributed by atoms with E-state index >= 15 is 0 Å². The predicted octanol–water partition coefficient (Wildman–Crippen LogP) is 3.22. The highest BCUT2D eigenvalue weighted by Gasteiger charge is 2.28. The van der Waals surface area contributed by atoms with Crippen molar-refractivity contribution in [1.82, 2.24) is 0 Å². The lowest BCUT2D eigenvalue weighted by atomic mass is 9.99. The van der Waals surface area contributed by atoms with Gasteiger partial charge in [0.15, 0.2) is 5.78 Å². The van der Waals surface area contributed by atoms with Crippen molar-refractivity contribution in [3.63, 3.8) is 0 Å². The topological polar surface area (TPSA) is 81.8 Å². The maximum atomic E-state index is 13.9. The molecule has 7 heteroatoms. The summed E-state index contributed by atoms with van der Waals surface area (Å²) in [6.07, 6.45) is 1.03. The number of hydrogen-bond acceptors (Lipinski definition) is 6. The predicted molar refractivity (Wildman–Crippen MR) is 96.8 cm³/mol. The van der Waals surface area contributed by atoms with Crippen LogP contribution in [0.2, 0.25) is 0 Å². The molecule has 25 heavy (non-hydrogen) atoms. The minimum Gasteiger partial charge on any atom is -0.462 e. The van der Waals surface area contributed by atoms with Crippen LogP contribution in [0.3, 0.4) is 0 Å². The first-order valence-electron chi connectivity index (χ1n) is 7.75. The molecule has 1 aliphatic rings. The first-order chi connectivity index (χ1) is 11.8. The van der Waals surface area contributed by atoms with E-state index in [-0.39, 0.29) is 17.7 Å². The molecule has 0 fully saturated rings. The largest absolute Gasteiger partial charge is 0.462 e. The van der Waals surface area contributed by atoms with Gasteiger partial charge >= 0.3 is 5.97 Å². The molecule has 0 bridgehead atoms. The fourth-order valence-corrected chi connectivity index (χ4v) is 3.27. The summed E-state index contributed by atoms with van der Waals surface area (Å²) in [6, 6.07) is 5.75. The molecule has 1 aliphatic heterocycles. The van der Waals surface area contributed by atoms with Crippen LogP contribution in [0.5, 0.6) is 0 Å². The van der Waals surface area contributed by atoms with Crippen molar-refractivity contribution in [2.75, 3.05) is 6.61 Å². The zero-order valence-electron chi connectivity index (χ0n) is 14.2. The number of rotatable bonds is 5. The van der Waals surface area contributed by atoms with Gasteiger partial charge in [0, 0.05) is 11.1 Å². The average Bonchev–Trinajstić information content (AvgIpc) is 2.97. The van der Waals surface area contributed by atoms with Crippen molar-refractivity contribution in [1.29, 1.82) is 0 Å². The summed E-state index contributed by atoms with van der Waals surface area (Å²) in [5, 5.41) is 0.445. The Morgan fingerprint density at radius 3 is 2.64 bits per heavy atom. The zero-order chi connectivity index (χ0) is 18.6. The van der Waals surface area contributed by atoms with E-state index in [2.05, 4.69) is 4.99 Å². The lowest BCUT2D eigenvalue weighted by Gasteiger charge is -2.08. The summed E-state index contributed by atoms with van der Waals surface area (Å²) in [5.41, 5.74) is 6.43. The molecule has 0 radical (unpaired) electrons. The van der Waals surface area contributed by atoms with Gasteiger partial charge in [-0.15, -0.1) is 0 Å². The molecule has 2 rings (SSSR count). The van der Waals surface area contributed by atoms with Crippen LogP contribution in [-0.4, -0.2) is 29.6 Å². The second-order valence-electron chi connectivity index (χ2n) is 5.35.